The van der Waals surface area contributed by atoms with Gasteiger partial charge in [-0.15, -0.1) is 0 Å². The second-order valence-electron chi connectivity index (χ2n) is 6.02. The van der Waals surface area contributed by atoms with Gasteiger partial charge in [-0.3, -0.25) is 4.79 Å². The van der Waals surface area contributed by atoms with Crippen molar-refractivity contribution in [3.05, 3.63) is 47.8 Å². The molecule has 7 nitrogen and oxygen atoms in total. The average molecular weight is 337 g/mol. The number of pyridine rings is 1. The van der Waals surface area contributed by atoms with Crippen LogP contribution in [0.15, 0.2) is 41.1 Å². The molecule has 1 aliphatic rings. The molecule has 0 bridgehead atoms. The average Bonchev–Trinajstić information content (AvgIpc) is 3.41. The number of rotatable bonds is 4. The molecular formula is C18H15N3O4. The Labute approximate surface area is 143 Å². The molecule has 1 saturated carbocycles. The van der Waals surface area contributed by atoms with Gasteiger partial charge in [0.2, 0.25) is 5.91 Å². The molecule has 0 saturated heterocycles. The third-order valence-corrected chi connectivity index (χ3v) is 4.03. The molecule has 1 aromatic carbocycles. The minimum atomic E-state index is -0.523. The van der Waals surface area contributed by atoms with Gasteiger partial charge >= 0.3 is 5.97 Å². The van der Waals surface area contributed by atoms with E-state index in [1.165, 1.54) is 6.20 Å². The Hall–Kier alpha value is -3.22. The van der Waals surface area contributed by atoms with Gasteiger partial charge in [0.1, 0.15) is 5.75 Å². The van der Waals surface area contributed by atoms with Crippen molar-refractivity contribution >= 4 is 28.7 Å². The van der Waals surface area contributed by atoms with Crippen molar-refractivity contribution in [1.82, 2.24) is 10.1 Å². The number of carbonyl (C=O) groups is 2. The van der Waals surface area contributed by atoms with Crippen LogP contribution in [-0.2, 0) is 4.79 Å². The normalized spacial score (nSPS) is 13.6. The van der Waals surface area contributed by atoms with Crippen LogP contribution >= 0.6 is 0 Å². The summed E-state index contributed by atoms with van der Waals surface area (Å²) in [4.78, 5) is 28.0. The number of amides is 1. The van der Waals surface area contributed by atoms with E-state index in [-0.39, 0.29) is 11.8 Å². The zero-order valence-electron chi connectivity index (χ0n) is 13.5. The van der Waals surface area contributed by atoms with E-state index in [2.05, 4.69) is 15.5 Å². The number of aromatic nitrogens is 2. The number of nitrogens with zero attached hydrogens (tertiary/aromatic N) is 2. The van der Waals surface area contributed by atoms with Crippen LogP contribution in [0.1, 0.15) is 28.9 Å². The van der Waals surface area contributed by atoms with Crippen LogP contribution in [0.5, 0.6) is 5.75 Å². The molecule has 7 heteroatoms. The van der Waals surface area contributed by atoms with Crippen LogP contribution in [0.2, 0.25) is 0 Å². The maximum Gasteiger partial charge on any atom is 0.345 e. The van der Waals surface area contributed by atoms with Crippen molar-refractivity contribution in [2.24, 2.45) is 5.92 Å². The third-order valence-electron chi connectivity index (χ3n) is 4.03. The minimum Gasteiger partial charge on any atom is -0.423 e. The highest BCUT2D eigenvalue weighted by atomic mass is 16.5. The van der Waals surface area contributed by atoms with Gasteiger partial charge in [0, 0.05) is 17.8 Å². The number of esters is 1. The van der Waals surface area contributed by atoms with Gasteiger partial charge in [0.05, 0.1) is 16.6 Å². The summed E-state index contributed by atoms with van der Waals surface area (Å²) in [5.41, 5.74) is 2.03. The van der Waals surface area contributed by atoms with Crippen LogP contribution in [0.4, 0.5) is 5.69 Å². The summed E-state index contributed by atoms with van der Waals surface area (Å²) in [6, 6.07) is 8.32. The molecule has 1 aliphatic carbocycles. The lowest BCUT2D eigenvalue weighted by atomic mass is 10.2. The van der Waals surface area contributed by atoms with Crippen LogP contribution < -0.4 is 10.1 Å². The summed E-state index contributed by atoms with van der Waals surface area (Å²) in [6.07, 6.45) is 3.29. The first-order valence-electron chi connectivity index (χ1n) is 7.95. The SMILES string of the molecule is Cc1noc2ncc(C(=O)Oc3ccc(NC(=O)C4CC4)cc3)cc12. The van der Waals surface area contributed by atoms with Gasteiger partial charge < -0.3 is 14.6 Å². The molecule has 0 aliphatic heterocycles. The van der Waals surface area contributed by atoms with Gasteiger partial charge in [0.15, 0.2) is 0 Å². The Bertz CT molecular complexity index is 958. The van der Waals surface area contributed by atoms with Crippen molar-refractivity contribution < 1.29 is 18.8 Å². The summed E-state index contributed by atoms with van der Waals surface area (Å²) in [7, 11) is 0. The second kappa shape index (κ2) is 6.01. The fraction of sp³-hybridized carbons (Fsp3) is 0.222. The van der Waals surface area contributed by atoms with Crippen molar-refractivity contribution in [1.29, 1.82) is 0 Å². The van der Waals surface area contributed by atoms with E-state index in [1.54, 1.807) is 37.3 Å². The topological polar surface area (TPSA) is 94.3 Å². The number of carbonyl (C=O) groups excluding carboxylic acids is 2. The zero-order valence-corrected chi connectivity index (χ0v) is 13.5. The number of aryl methyl sites for hydroxylation is 1. The zero-order chi connectivity index (χ0) is 17.4. The van der Waals surface area contributed by atoms with E-state index < -0.39 is 5.97 Å². The van der Waals surface area contributed by atoms with Crippen LogP contribution in [0.25, 0.3) is 11.1 Å². The number of benzene rings is 1. The molecule has 3 aromatic rings. The molecule has 1 N–H and O–H groups in total. The second-order valence-corrected chi connectivity index (χ2v) is 6.02. The van der Waals surface area contributed by atoms with E-state index in [1.807, 2.05) is 0 Å². The largest absolute Gasteiger partial charge is 0.423 e. The third kappa shape index (κ3) is 3.21. The van der Waals surface area contributed by atoms with Gasteiger partial charge in [-0.1, -0.05) is 5.16 Å². The first-order valence-corrected chi connectivity index (χ1v) is 7.95. The molecule has 25 heavy (non-hydrogen) atoms. The highest BCUT2D eigenvalue weighted by Crippen LogP contribution is 2.30. The predicted octanol–water partition coefficient (Wildman–Crippen LogP) is 3.10. The van der Waals surface area contributed by atoms with Gasteiger partial charge in [-0.25, -0.2) is 9.78 Å². The highest BCUT2D eigenvalue weighted by Gasteiger charge is 2.29. The van der Waals surface area contributed by atoms with Crippen LogP contribution in [-0.4, -0.2) is 22.0 Å². The lowest BCUT2D eigenvalue weighted by Gasteiger charge is -2.07. The fourth-order valence-corrected chi connectivity index (χ4v) is 2.42. The Morgan fingerprint density at radius 2 is 2.00 bits per heavy atom. The van der Waals surface area contributed by atoms with E-state index in [4.69, 9.17) is 9.26 Å². The van der Waals surface area contributed by atoms with Crippen molar-refractivity contribution in [3.63, 3.8) is 0 Å². The lowest BCUT2D eigenvalue weighted by molar-refractivity contribution is -0.117. The number of ether oxygens (including phenoxy) is 1. The summed E-state index contributed by atoms with van der Waals surface area (Å²) < 4.78 is 10.4. The number of hydrogen-bond donors (Lipinski definition) is 1. The molecule has 0 spiro atoms. The molecule has 0 atom stereocenters. The van der Waals surface area contributed by atoms with Crippen molar-refractivity contribution in [2.45, 2.75) is 19.8 Å². The van der Waals surface area contributed by atoms with E-state index in [0.29, 0.717) is 33.8 Å². The number of anilines is 1. The molecule has 4 rings (SSSR count). The molecule has 126 valence electrons. The quantitative estimate of drug-likeness (QED) is 0.581. The molecule has 2 heterocycles. The van der Waals surface area contributed by atoms with Crippen LogP contribution in [0, 0.1) is 12.8 Å². The van der Waals surface area contributed by atoms with Gasteiger partial charge in [-0.2, -0.15) is 0 Å². The van der Waals surface area contributed by atoms with Crippen molar-refractivity contribution in [2.75, 3.05) is 5.32 Å². The lowest BCUT2D eigenvalue weighted by Crippen LogP contribution is -2.13. The summed E-state index contributed by atoms with van der Waals surface area (Å²) in [6.45, 7) is 1.78. The van der Waals surface area contributed by atoms with E-state index in [9.17, 15) is 9.59 Å². The predicted molar refractivity (Wildman–Crippen MR) is 89.3 cm³/mol. The monoisotopic (exact) mass is 337 g/mol. The molecular weight excluding hydrogens is 322 g/mol. The Kier molecular flexibility index (Phi) is 3.68. The highest BCUT2D eigenvalue weighted by molar-refractivity contribution is 5.95. The summed E-state index contributed by atoms with van der Waals surface area (Å²) in [5, 5.41) is 7.31. The van der Waals surface area contributed by atoms with Gasteiger partial charge in [0.25, 0.3) is 5.71 Å². The smallest absolute Gasteiger partial charge is 0.345 e. The molecule has 2 aromatic heterocycles. The molecule has 0 unspecified atom stereocenters. The first kappa shape index (κ1) is 15.3. The Morgan fingerprint density at radius 3 is 2.72 bits per heavy atom. The first-order chi connectivity index (χ1) is 12.1. The molecule has 0 radical (unpaired) electrons. The van der Waals surface area contributed by atoms with E-state index >= 15 is 0 Å². The summed E-state index contributed by atoms with van der Waals surface area (Å²) in [5.74, 6) is 0.0373. The standard InChI is InChI=1S/C18H15N3O4/c1-10-15-8-12(9-19-17(15)25-21-10)18(23)24-14-6-4-13(5-7-14)20-16(22)11-2-3-11/h4-9,11H,2-3H2,1H3,(H,20,22). The fourth-order valence-electron chi connectivity index (χ4n) is 2.42. The van der Waals surface area contributed by atoms with Gasteiger partial charge in [-0.05, 0) is 50.1 Å². The summed E-state index contributed by atoms with van der Waals surface area (Å²) >= 11 is 0. The van der Waals surface area contributed by atoms with E-state index in [0.717, 1.165) is 12.8 Å². The number of fused-ring (bicyclic) bond motifs is 1. The molecule has 1 fully saturated rings. The molecule has 1 amide bonds. The van der Waals surface area contributed by atoms with Crippen LogP contribution in [0.3, 0.4) is 0 Å². The number of nitrogens with one attached hydrogen (secondary N) is 1. The minimum absolute atomic E-state index is 0.0354. The maximum absolute atomic E-state index is 12.3. The van der Waals surface area contributed by atoms with Crippen molar-refractivity contribution in [3.8, 4) is 5.75 Å². The number of hydrogen-bond acceptors (Lipinski definition) is 6. The Morgan fingerprint density at radius 1 is 1.24 bits per heavy atom. The maximum atomic E-state index is 12.3. The Balaban J connectivity index is 1.45.